The Morgan fingerprint density at radius 3 is 2.65 bits per heavy atom. The minimum absolute atomic E-state index is 0.100. The number of benzene rings is 2. The summed E-state index contributed by atoms with van der Waals surface area (Å²) in [6.45, 7) is 4.84. The molecule has 132 valence electrons. The van der Waals surface area contributed by atoms with Crippen molar-refractivity contribution in [1.82, 2.24) is 9.78 Å². The van der Waals surface area contributed by atoms with Gasteiger partial charge in [0.05, 0.1) is 5.69 Å². The second-order valence-electron chi connectivity index (χ2n) is 6.76. The first kappa shape index (κ1) is 16.5. The second-order valence-corrected chi connectivity index (χ2v) is 6.76. The van der Waals surface area contributed by atoms with Crippen LogP contribution in [0.5, 0.6) is 0 Å². The van der Waals surface area contributed by atoms with Crippen LogP contribution < -0.4 is 4.90 Å². The van der Waals surface area contributed by atoms with E-state index in [9.17, 15) is 9.18 Å². The molecule has 2 heterocycles. The van der Waals surface area contributed by atoms with Gasteiger partial charge in [0.15, 0.2) is 5.69 Å². The van der Waals surface area contributed by atoms with Crippen LogP contribution in [-0.2, 0) is 6.42 Å². The zero-order valence-electron chi connectivity index (χ0n) is 14.9. The SMILES string of the molecule is Cc1cc(C)c2c(c1)N(C(=O)c1ccn(-c3ccc(F)cc3)n1)CCC2. The van der Waals surface area contributed by atoms with Gasteiger partial charge in [0.1, 0.15) is 5.82 Å². The van der Waals surface area contributed by atoms with Crippen molar-refractivity contribution in [2.45, 2.75) is 26.7 Å². The second kappa shape index (κ2) is 6.41. The van der Waals surface area contributed by atoms with Crippen LogP contribution in [0.1, 0.15) is 33.6 Å². The summed E-state index contributed by atoms with van der Waals surface area (Å²) < 4.78 is 14.7. The quantitative estimate of drug-likeness (QED) is 0.695. The Balaban J connectivity index is 1.67. The number of nitrogens with zero attached hydrogens (tertiary/aromatic N) is 3. The molecule has 1 aliphatic heterocycles. The summed E-state index contributed by atoms with van der Waals surface area (Å²) in [5, 5.41) is 4.41. The summed E-state index contributed by atoms with van der Waals surface area (Å²) in [5.41, 5.74) is 5.73. The van der Waals surface area contributed by atoms with Crippen molar-refractivity contribution in [3.63, 3.8) is 0 Å². The van der Waals surface area contributed by atoms with E-state index in [1.165, 1.54) is 23.3 Å². The summed E-state index contributed by atoms with van der Waals surface area (Å²) in [6, 6.07) is 12.0. The molecule has 1 aromatic heterocycles. The van der Waals surface area contributed by atoms with Crippen molar-refractivity contribution in [1.29, 1.82) is 0 Å². The number of carbonyl (C=O) groups excluding carboxylic acids is 1. The summed E-state index contributed by atoms with van der Waals surface area (Å²) in [6.07, 6.45) is 3.67. The van der Waals surface area contributed by atoms with Crippen LogP contribution in [-0.4, -0.2) is 22.2 Å². The van der Waals surface area contributed by atoms with E-state index in [1.807, 2.05) is 11.8 Å². The lowest BCUT2D eigenvalue weighted by Crippen LogP contribution is -2.36. The van der Waals surface area contributed by atoms with Gasteiger partial charge in [-0.2, -0.15) is 5.10 Å². The van der Waals surface area contributed by atoms with Gasteiger partial charge in [0, 0.05) is 18.4 Å². The van der Waals surface area contributed by atoms with Crippen LogP contribution >= 0.6 is 0 Å². The minimum Gasteiger partial charge on any atom is -0.307 e. The lowest BCUT2D eigenvalue weighted by atomic mass is 9.95. The van der Waals surface area contributed by atoms with Gasteiger partial charge in [0.25, 0.3) is 5.91 Å². The molecule has 2 aromatic carbocycles. The largest absolute Gasteiger partial charge is 0.307 e. The fourth-order valence-electron chi connectivity index (χ4n) is 3.60. The molecule has 0 fully saturated rings. The predicted molar refractivity (Wildman–Crippen MR) is 99.4 cm³/mol. The van der Waals surface area contributed by atoms with Gasteiger partial charge in [-0.15, -0.1) is 0 Å². The van der Waals surface area contributed by atoms with Crippen molar-refractivity contribution >= 4 is 11.6 Å². The Bertz CT molecular complexity index is 975. The van der Waals surface area contributed by atoms with Crippen molar-refractivity contribution in [3.8, 4) is 5.69 Å². The predicted octanol–water partition coefficient (Wildman–Crippen LogP) is 4.22. The molecule has 4 rings (SSSR count). The minimum atomic E-state index is -0.298. The van der Waals surface area contributed by atoms with Crippen molar-refractivity contribution < 1.29 is 9.18 Å². The third-order valence-corrected chi connectivity index (χ3v) is 4.84. The number of hydrogen-bond donors (Lipinski definition) is 0. The number of rotatable bonds is 2. The molecule has 26 heavy (non-hydrogen) atoms. The van der Waals surface area contributed by atoms with Crippen LogP contribution in [0.15, 0.2) is 48.7 Å². The lowest BCUT2D eigenvalue weighted by molar-refractivity contribution is 0.0980. The zero-order chi connectivity index (χ0) is 18.3. The molecule has 1 amide bonds. The third-order valence-electron chi connectivity index (χ3n) is 4.84. The van der Waals surface area contributed by atoms with Gasteiger partial charge in [-0.1, -0.05) is 6.07 Å². The zero-order valence-corrected chi connectivity index (χ0v) is 14.9. The molecule has 0 atom stereocenters. The van der Waals surface area contributed by atoms with E-state index in [2.05, 4.69) is 24.2 Å². The highest BCUT2D eigenvalue weighted by Gasteiger charge is 2.26. The summed E-state index contributed by atoms with van der Waals surface area (Å²) in [5.74, 6) is -0.398. The summed E-state index contributed by atoms with van der Waals surface area (Å²) in [7, 11) is 0. The number of aryl methyl sites for hydroxylation is 2. The van der Waals surface area contributed by atoms with Crippen molar-refractivity contribution in [2.75, 3.05) is 11.4 Å². The molecule has 3 aromatic rings. The molecule has 0 spiro atoms. The van der Waals surface area contributed by atoms with Crippen LogP contribution in [0.3, 0.4) is 0 Å². The molecular formula is C21H20FN3O. The number of carbonyl (C=O) groups is 1. The summed E-state index contributed by atoms with van der Waals surface area (Å²) in [4.78, 5) is 14.9. The normalized spacial score (nSPS) is 13.6. The molecule has 5 heteroatoms. The van der Waals surface area contributed by atoms with E-state index < -0.39 is 0 Å². The maximum atomic E-state index is 13.1. The molecule has 1 aliphatic rings. The van der Waals surface area contributed by atoms with Crippen molar-refractivity contribution in [2.24, 2.45) is 0 Å². The van der Waals surface area contributed by atoms with Gasteiger partial charge < -0.3 is 4.90 Å². The van der Waals surface area contributed by atoms with E-state index in [1.54, 1.807) is 29.1 Å². The van der Waals surface area contributed by atoms with E-state index >= 15 is 0 Å². The number of halogens is 1. The monoisotopic (exact) mass is 349 g/mol. The van der Waals surface area contributed by atoms with E-state index in [-0.39, 0.29) is 11.7 Å². The molecule has 0 radical (unpaired) electrons. The molecule has 0 bridgehead atoms. The third kappa shape index (κ3) is 2.90. The standard InChI is InChI=1S/C21H20FN3O/c1-14-12-15(2)18-4-3-10-24(20(18)13-14)21(26)19-9-11-25(23-19)17-7-5-16(22)6-8-17/h5-9,11-13H,3-4,10H2,1-2H3. The number of amides is 1. The molecule has 0 saturated carbocycles. The maximum Gasteiger partial charge on any atom is 0.278 e. The van der Waals surface area contributed by atoms with Crippen LogP contribution in [0.2, 0.25) is 0 Å². The molecule has 0 aliphatic carbocycles. The first-order valence-electron chi connectivity index (χ1n) is 8.76. The van der Waals surface area contributed by atoms with Crippen LogP contribution in [0.4, 0.5) is 10.1 Å². The highest BCUT2D eigenvalue weighted by atomic mass is 19.1. The Labute approximate surface area is 151 Å². The molecule has 0 N–H and O–H groups in total. The van der Waals surface area contributed by atoms with Gasteiger partial charge in [-0.05, 0) is 79.8 Å². The van der Waals surface area contributed by atoms with Gasteiger partial charge >= 0.3 is 0 Å². The molecule has 0 unspecified atom stereocenters. The first-order chi connectivity index (χ1) is 12.5. The van der Waals surface area contributed by atoms with E-state index in [0.29, 0.717) is 12.2 Å². The highest BCUT2D eigenvalue weighted by Crippen LogP contribution is 2.32. The smallest absolute Gasteiger partial charge is 0.278 e. The van der Waals surface area contributed by atoms with Gasteiger partial charge in [-0.25, -0.2) is 9.07 Å². The van der Waals surface area contributed by atoms with E-state index in [0.717, 1.165) is 29.8 Å². The molecular weight excluding hydrogens is 329 g/mol. The Morgan fingerprint density at radius 1 is 1.12 bits per heavy atom. The Kier molecular flexibility index (Phi) is 4.07. The summed E-state index contributed by atoms with van der Waals surface area (Å²) >= 11 is 0. The highest BCUT2D eigenvalue weighted by molar-refractivity contribution is 6.05. The van der Waals surface area contributed by atoms with Gasteiger partial charge in [-0.3, -0.25) is 4.79 Å². The van der Waals surface area contributed by atoms with E-state index in [4.69, 9.17) is 0 Å². The fraction of sp³-hybridized carbons (Fsp3) is 0.238. The average molecular weight is 349 g/mol. The fourth-order valence-corrected chi connectivity index (χ4v) is 3.60. The van der Waals surface area contributed by atoms with Crippen LogP contribution in [0, 0.1) is 19.7 Å². The van der Waals surface area contributed by atoms with Crippen LogP contribution in [0.25, 0.3) is 5.69 Å². The lowest BCUT2D eigenvalue weighted by Gasteiger charge is -2.30. The molecule has 4 nitrogen and oxygen atoms in total. The Morgan fingerprint density at radius 2 is 1.88 bits per heavy atom. The number of aromatic nitrogens is 2. The number of hydrogen-bond acceptors (Lipinski definition) is 2. The van der Waals surface area contributed by atoms with Gasteiger partial charge in [0.2, 0.25) is 0 Å². The number of anilines is 1. The average Bonchev–Trinajstić information content (AvgIpc) is 3.11. The maximum absolute atomic E-state index is 13.1. The van der Waals surface area contributed by atoms with Crippen molar-refractivity contribution in [3.05, 3.63) is 76.9 Å². The molecule has 0 saturated heterocycles. The first-order valence-corrected chi connectivity index (χ1v) is 8.76. The Hall–Kier alpha value is -2.95. The topological polar surface area (TPSA) is 38.1 Å². The number of fused-ring (bicyclic) bond motifs is 1.